The maximum absolute atomic E-state index is 13.6. The third-order valence-corrected chi connectivity index (χ3v) is 4.53. The third-order valence-electron chi connectivity index (χ3n) is 4.02. The molecule has 0 fully saturated rings. The Morgan fingerprint density at radius 1 is 1.00 bits per heavy atom. The third kappa shape index (κ3) is 3.89. The number of carbonyl (C=O) groups excluding carboxylic acids is 1. The van der Waals surface area contributed by atoms with Gasteiger partial charge in [0.15, 0.2) is 11.4 Å². The molecular weight excluding hydrogens is 424 g/mol. The average Bonchev–Trinajstić information content (AvgIpc) is 3.39. The highest BCUT2D eigenvalue weighted by atomic mass is 32.1. The predicted molar refractivity (Wildman–Crippen MR) is 99.6 cm³/mol. The first kappa shape index (κ1) is 19.6. The number of hydrogen-bond acceptors (Lipinski definition) is 6. The second-order valence-corrected chi connectivity index (χ2v) is 6.60. The summed E-state index contributed by atoms with van der Waals surface area (Å²) in [6, 6.07) is 10.5. The van der Waals surface area contributed by atoms with Crippen molar-refractivity contribution in [2.45, 2.75) is 6.18 Å². The van der Waals surface area contributed by atoms with Crippen molar-refractivity contribution in [2.24, 2.45) is 0 Å². The van der Waals surface area contributed by atoms with Crippen LogP contribution in [0, 0.1) is 5.82 Å². The molecule has 0 saturated heterocycles. The minimum absolute atomic E-state index is 0.0866. The van der Waals surface area contributed by atoms with Crippen LogP contribution in [-0.4, -0.2) is 30.5 Å². The topological polar surface area (TPSA) is 85.6 Å². The first-order chi connectivity index (χ1) is 14.3. The Morgan fingerprint density at radius 3 is 2.30 bits per heavy atom. The highest BCUT2D eigenvalue weighted by molar-refractivity contribution is 7.03. The summed E-state index contributed by atoms with van der Waals surface area (Å²) < 4.78 is 58.2. The number of rotatable bonds is 4. The Labute approximate surface area is 170 Å². The molecule has 0 aliphatic carbocycles. The van der Waals surface area contributed by atoms with Gasteiger partial charge < -0.3 is 5.32 Å². The molecule has 2 aromatic heterocycles. The molecule has 0 aliphatic heterocycles. The quantitative estimate of drug-likeness (QED) is 0.487. The van der Waals surface area contributed by atoms with E-state index in [0.29, 0.717) is 10.4 Å². The molecule has 0 radical (unpaired) electrons. The van der Waals surface area contributed by atoms with E-state index >= 15 is 0 Å². The Hall–Kier alpha value is -3.67. The zero-order chi connectivity index (χ0) is 21.3. The Morgan fingerprint density at radius 2 is 1.70 bits per heavy atom. The molecule has 12 heteroatoms. The first-order valence-corrected chi connectivity index (χ1v) is 9.14. The zero-order valence-electron chi connectivity index (χ0n) is 14.8. The summed E-state index contributed by atoms with van der Waals surface area (Å²) in [6.45, 7) is 0. The van der Waals surface area contributed by atoms with Crippen molar-refractivity contribution in [3.05, 3.63) is 71.1 Å². The highest BCUT2D eigenvalue weighted by Crippen LogP contribution is 2.33. The van der Waals surface area contributed by atoms with Crippen molar-refractivity contribution >= 4 is 23.1 Å². The van der Waals surface area contributed by atoms with Crippen LogP contribution >= 0.6 is 11.5 Å². The summed E-state index contributed by atoms with van der Waals surface area (Å²) in [4.78, 5) is 12.5. The van der Waals surface area contributed by atoms with E-state index < -0.39 is 29.3 Å². The van der Waals surface area contributed by atoms with E-state index in [2.05, 4.69) is 25.2 Å². The fourth-order valence-corrected chi connectivity index (χ4v) is 3.12. The molecule has 30 heavy (non-hydrogen) atoms. The van der Waals surface area contributed by atoms with Gasteiger partial charge in [0, 0.05) is 16.6 Å². The first-order valence-electron chi connectivity index (χ1n) is 8.30. The SMILES string of the molecule is O=C(Nc1ccc(-c2csnn2)cc1)c1nnn(-c2ccc(F)cc2)c1C(F)(F)F. The second-order valence-electron chi connectivity index (χ2n) is 5.99. The number of nitrogens with zero attached hydrogens (tertiary/aromatic N) is 5. The van der Waals surface area contributed by atoms with Gasteiger partial charge in [-0.3, -0.25) is 4.79 Å². The molecule has 1 N–H and O–H groups in total. The van der Waals surface area contributed by atoms with Crippen molar-refractivity contribution in [2.75, 3.05) is 5.32 Å². The minimum Gasteiger partial charge on any atom is -0.321 e. The summed E-state index contributed by atoms with van der Waals surface area (Å²) in [7, 11) is 0. The van der Waals surface area contributed by atoms with E-state index in [1.165, 1.54) is 23.7 Å². The molecule has 4 rings (SSSR count). The summed E-state index contributed by atoms with van der Waals surface area (Å²) in [5.41, 5.74) is -0.719. The summed E-state index contributed by atoms with van der Waals surface area (Å²) in [5, 5.41) is 14.9. The van der Waals surface area contributed by atoms with Gasteiger partial charge in [0.05, 0.1) is 5.69 Å². The van der Waals surface area contributed by atoms with Crippen LogP contribution in [-0.2, 0) is 6.18 Å². The number of benzene rings is 2. The van der Waals surface area contributed by atoms with Gasteiger partial charge in [0.25, 0.3) is 5.91 Å². The summed E-state index contributed by atoms with van der Waals surface area (Å²) >= 11 is 1.18. The largest absolute Gasteiger partial charge is 0.435 e. The van der Waals surface area contributed by atoms with Crippen molar-refractivity contribution in [1.82, 2.24) is 24.6 Å². The molecule has 0 unspecified atom stereocenters. The zero-order valence-corrected chi connectivity index (χ0v) is 15.6. The molecule has 1 amide bonds. The van der Waals surface area contributed by atoms with Crippen LogP contribution in [0.2, 0.25) is 0 Å². The van der Waals surface area contributed by atoms with Gasteiger partial charge in [-0.05, 0) is 47.9 Å². The van der Waals surface area contributed by atoms with Gasteiger partial charge in [-0.1, -0.05) is 21.8 Å². The number of nitrogens with one attached hydrogen (secondary N) is 1. The van der Waals surface area contributed by atoms with E-state index in [1.54, 1.807) is 17.5 Å². The summed E-state index contributed by atoms with van der Waals surface area (Å²) in [6.07, 6.45) is -4.92. The monoisotopic (exact) mass is 434 g/mol. The molecule has 0 atom stereocenters. The fraction of sp³-hybridized carbons (Fsp3) is 0.0556. The van der Waals surface area contributed by atoms with E-state index in [4.69, 9.17) is 0 Å². The van der Waals surface area contributed by atoms with E-state index in [-0.39, 0.29) is 11.4 Å². The molecule has 2 aromatic carbocycles. The molecule has 0 aliphatic rings. The molecular formula is C18H10F4N6OS. The Kier molecular flexibility index (Phi) is 4.99. The molecule has 2 heterocycles. The van der Waals surface area contributed by atoms with Crippen LogP contribution in [0.15, 0.2) is 53.9 Å². The Balaban J connectivity index is 1.63. The standard InChI is InChI=1S/C18H10F4N6OS/c19-11-3-7-13(8-4-11)28-16(18(20,21)22)15(25-26-28)17(29)23-12-5-1-10(2-6-12)14-9-30-27-24-14/h1-9H,(H,23,29). The number of alkyl halides is 3. The van der Waals surface area contributed by atoms with Gasteiger partial charge in [-0.15, -0.1) is 10.2 Å². The molecule has 0 bridgehead atoms. The number of hydrogen-bond donors (Lipinski definition) is 1. The van der Waals surface area contributed by atoms with Crippen LogP contribution in [0.1, 0.15) is 16.2 Å². The van der Waals surface area contributed by atoms with Crippen LogP contribution in [0.4, 0.5) is 23.2 Å². The second kappa shape index (κ2) is 7.63. The maximum Gasteiger partial charge on any atom is 0.435 e. The van der Waals surface area contributed by atoms with Gasteiger partial charge in [-0.25, -0.2) is 9.07 Å². The normalized spacial score (nSPS) is 11.5. The maximum atomic E-state index is 13.6. The van der Waals surface area contributed by atoms with Gasteiger partial charge in [0.2, 0.25) is 0 Å². The molecule has 7 nitrogen and oxygen atoms in total. The van der Waals surface area contributed by atoms with Gasteiger partial charge in [-0.2, -0.15) is 13.2 Å². The molecule has 152 valence electrons. The van der Waals surface area contributed by atoms with E-state index in [0.717, 1.165) is 29.8 Å². The molecule has 0 spiro atoms. The van der Waals surface area contributed by atoms with E-state index in [1.807, 2.05) is 0 Å². The lowest BCUT2D eigenvalue weighted by atomic mass is 10.1. The smallest absolute Gasteiger partial charge is 0.321 e. The number of amides is 1. The lowest BCUT2D eigenvalue weighted by Crippen LogP contribution is -2.21. The number of aromatic nitrogens is 5. The predicted octanol–water partition coefficient (Wildman–Crippen LogP) is 4.20. The van der Waals surface area contributed by atoms with Crippen LogP contribution in [0.5, 0.6) is 0 Å². The van der Waals surface area contributed by atoms with Crippen molar-refractivity contribution in [3.8, 4) is 16.9 Å². The van der Waals surface area contributed by atoms with Crippen LogP contribution in [0.3, 0.4) is 0 Å². The molecule has 0 saturated carbocycles. The van der Waals surface area contributed by atoms with Crippen molar-refractivity contribution in [1.29, 1.82) is 0 Å². The van der Waals surface area contributed by atoms with Gasteiger partial charge >= 0.3 is 6.18 Å². The summed E-state index contributed by atoms with van der Waals surface area (Å²) in [5.74, 6) is -1.71. The van der Waals surface area contributed by atoms with Crippen molar-refractivity contribution < 1.29 is 22.4 Å². The lowest BCUT2D eigenvalue weighted by molar-refractivity contribution is -0.143. The highest BCUT2D eigenvalue weighted by Gasteiger charge is 2.42. The van der Waals surface area contributed by atoms with Crippen molar-refractivity contribution in [3.63, 3.8) is 0 Å². The number of anilines is 1. The van der Waals surface area contributed by atoms with Crippen LogP contribution in [0.25, 0.3) is 16.9 Å². The Bertz CT molecular complexity index is 1170. The lowest BCUT2D eigenvalue weighted by Gasteiger charge is -2.11. The minimum atomic E-state index is -4.92. The van der Waals surface area contributed by atoms with E-state index in [9.17, 15) is 22.4 Å². The van der Waals surface area contributed by atoms with Gasteiger partial charge in [0.1, 0.15) is 11.5 Å². The fourth-order valence-electron chi connectivity index (χ4n) is 2.66. The van der Waals surface area contributed by atoms with Crippen LogP contribution < -0.4 is 5.32 Å². The number of carbonyl (C=O) groups is 1. The number of halogens is 4. The average molecular weight is 434 g/mol. The molecule has 4 aromatic rings.